The Labute approximate surface area is 189 Å². The topological polar surface area (TPSA) is 36.4 Å². The predicted octanol–water partition coefficient (Wildman–Crippen LogP) is 6.22. The highest BCUT2D eigenvalue weighted by Gasteiger charge is 2.31. The van der Waals surface area contributed by atoms with E-state index in [1.807, 2.05) is 48.5 Å². The van der Waals surface area contributed by atoms with E-state index in [0.29, 0.717) is 28.1 Å². The van der Waals surface area contributed by atoms with Gasteiger partial charge in [-0.25, -0.2) is 13.8 Å². The van der Waals surface area contributed by atoms with Crippen molar-refractivity contribution < 1.29 is 8.78 Å². The average Bonchev–Trinajstić information content (AvgIpc) is 3.13. The Balaban J connectivity index is 0.00000256. The Morgan fingerprint density at radius 3 is 2.20 bits per heavy atom. The van der Waals surface area contributed by atoms with Crippen molar-refractivity contribution in [3.05, 3.63) is 105 Å². The van der Waals surface area contributed by atoms with E-state index in [4.69, 9.17) is 28.2 Å². The molecule has 0 aromatic heterocycles. The van der Waals surface area contributed by atoms with Crippen LogP contribution in [0.5, 0.6) is 0 Å². The summed E-state index contributed by atoms with van der Waals surface area (Å²) in [6.07, 6.45) is 0. The summed E-state index contributed by atoms with van der Waals surface area (Å²) >= 11 is 12.4. The van der Waals surface area contributed by atoms with E-state index < -0.39 is 11.6 Å². The standard InChI is InChI=1S/C22H17Cl2F2N3.ClH/c23-16-5-1-3-14(10-16)20-21(15-4-2-6-17(24)11-15)29-22(28-20)27-12-13-7-8-18(25)19(26)9-13;/h1-11,20-21H,12H2,(H2,27,28,29);1H/t20-,21+;. The molecule has 0 aliphatic carbocycles. The maximum atomic E-state index is 13.4. The van der Waals surface area contributed by atoms with Gasteiger partial charge in [0.1, 0.15) is 6.04 Å². The number of benzene rings is 3. The van der Waals surface area contributed by atoms with Gasteiger partial charge in [0, 0.05) is 16.6 Å². The van der Waals surface area contributed by atoms with Crippen molar-refractivity contribution >= 4 is 41.6 Å². The fourth-order valence-electron chi connectivity index (χ4n) is 3.33. The SMILES string of the molecule is Cl.Fc1ccc(CNC2=N[C@@H](c3cccc(Cl)c3)[C@@H](c3cccc(Cl)c3)N2)cc1F. The molecule has 0 saturated carbocycles. The number of halogens is 5. The van der Waals surface area contributed by atoms with Crippen LogP contribution in [0.2, 0.25) is 10.0 Å². The Morgan fingerprint density at radius 2 is 1.53 bits per heavy atom. The molecule has 0 bridgehead atoms. The quantitative estimate of drug-likeness (QED) is 0.476. The number of guanidine groups is 1. The van der Waals surface area contributed by atoms with Gasteiger partial charge in [-0.2, -0.15) is 0 Å². The van der Waals surface area contributed by atoms with Gasteiger partial charge in [0.05, 0.1) is 6.04 Å². The van der Waals surface area contributed by atoms with E-state index in [2.05, 4.69) is 10.6 Å². The molecule has 0 saturated heterocycles. The molecule has 3 aromatic rings. The highest BCUT2D eigenvalue weighted by Crippen LogP contribution is 2.37. The van der Waals surface area contributed by atoms with Crippen molar-refractivity contribution in [2.45, 2.75) is 18.6 Å². The van der Waals surface area contributed by atoms with Gasteiger partial charge >= 0.3 is 0 Å². The third kappa shape index (κ3) is 5.04. The lowest BCUT2D eigenvalue weighted by Gasteiger charge is -2.20. The summed E-state index contributed by atoms with van der Waals surface area (Å²) < 4.78 is 26.6. The first kappa shape index (κ1) is 22.3. The molecule has 0 spiro atoms. The largest absolute Gasteiger partial charge is 0.352 e. The molecule has 0 radical (unpaired) electrons. The van der Waals surface area contributed by atoms with E-state index in [9.17, 15) is 8.78 Å². The molecule has 1 heterocycles. The number of nitrogens with zero attached hydrogens (tertiary/aromatic N) is 1. The molecule has 2 atom stereocenters. The monoisotopic (exact) mass is 467 g/mol. The van der Waals surface area contributed by atoms with E-state index in [1.54, 1.807) is 0 Å². The third-order valence-corrected chi connectivity index (χ3v) is 5.19. The number of rotatable bonds is 4. The lowest BCUT2D eigenvalue weighted by molar-refractivity contribution is 0.506. The fraction of sp³-hybridized carbons (Fsp3) is 0.136. The van der Waals surface area contributed by atoms with Gasteiger partial charge in [0.25, 0.3) is 0 Å². The number of hydrogen-bond donors (Lipinski definition) is 2. The van der Waals surface area contributed by atoms with Crippen LogP contribution in [0, 0.1) is 11.6 Å². The maximum Gasteiger partial charge on any atom is 0.192 e. The molecule has 3 nitrogen and oxygen atoms in total. The molecule has 156 valence electrons. The van der Waals surface area contributed by atoms with Gasteiger partial charge in [0.2, 0.25) is 0 Å². The summed E-state index contributed by atoms with van der Waals surface area (Å²) in [4.78, 5) is 4.77. The van der Waals surface area contributed by atoms with Gasteiger partial charge in [-0.05, 0) is 53.1 Å². The summed E-state index contributed by atoms with van der Waals surface area (Å²) in [5.41, 5.74) is 2.55. The molecular weight excluding hydrogens is 451 g/mol. The third-order valence-electron chi connectivity index (χ3n) is 4.72. The average molecular weight is 469 g/mol. The van der Waals surface area contributed by atoms with Crippen molar-refractivity contribution in [3.8, 4) is 0 Å². The van der Waals surface area contributed by atoms with Gasteiger partial charge in [-0.3, -0.25) is 0 Å². The van der Waals surface area contributed by atoms with Gasteiger partial charge in [-0.15, -0.1) is 12.4 Å². The van der Waals surface area contributed by atoms with Gasteiger partial charge in [0.15, 0.2) is 17.6 Å². The first-order valence-electron chi connectivity index (χ1n) is 9.02. The Kier molecular flexibility index (Phi) is 7.19. The molecule has 30 heavy (non-hydrogen) atoms. The van der Waals surface area contributed by atoms with Gasteiger partial charge < -0.3 is 10.6 Å². The molecule has 4 rings (SSSR count). The first-order valence-corrected chi connectivity index (χ1v) is 9.78. The van der Waals surface area contributed by atoms with Crippen molar-refractivity contribution in [2.24, 2.45) is 4.99 Å². The minimum atomic E-state index is -0.876. The molecule has 8 heteroatoms. The van der Waals surface area contributed by atoms with Crippen LogP contribution in [0.3, 0.4) is 0 Å². The second-order valence-corrected chi connectivity index (χ2v) is 7.63. The summed E-state index contributed by atoms with van der Waals surface area (Å²) in [5.74, 6) is -1.18. The number of hydrogen-bond acceptors (Lipinski definition) is 3. The van der Waals surface area contributed by atoms with Crippen LogP contribution < -0.4 is 10.6 Å². The highest BCUT2D eigenvalue weighted by atomic mass is 35.5. The van der Waals surface area contributed by atoms with Crippen molar-refractivity contribution in [2.75, 3.05) is 0 Å². The van der Waals surface area contributed by atoms with Crippen molar-refractivity contribution in [3.63, 3.8) is 0 Å². The van der Waals surface area contributed by atoms with E-state index in [1.165, 1.54) is 12.1 Å². The normalized spacial score (nSPS) is 17.7. The Morgan fingerprint density at radius 1 is 0.867 bits per heavy atom. The fourth-order valence-corrected chi connectivity index (χ4v) is 3.73. The van der Waals surface area contributed by atoms with E-state index in [0.717, 1.165) is 17.2 Å². The van der Waals surface area contributed by atoms with Crippen LogP contribution in [-0.4, -0.2) is 5.96 Å². The maximum absolute atomic E-state index is 13.4. The van der Waals surface area contributed by atoms with Crippen LogP contribution in [-0.2, 0) is 6.54 Å². The van der Waals surface area contributed by atoms with Crippen LogP contribution >= 0.6 is 35.6 Å². The van der Waals surface area contributed by atoms with Crippen LogP contribution in [0.25, 0.3) is 0 Å². The summed E-state index contributed by atoms with van der Waals surface area (Å²) in [6.45, 7) is 0.299. The minimum absolute atomic E-state index is 0. The Hall–Kier alpha value is -2.34. The van der Waals surface area contributed by atoms with Crippen LogP contribution in [0.15, 0.2) is 71.7 Å². The molecule has 1 aliphatic heterocycles. The molecule has 2 N–H and O–H groups in total. The van der Waals surface area contributed by atoms with Crippen molar-refractivity contribution in [1.82, 2.24) is 10.6 Å². The highest BCUT2D eigenvalue weighted by molar-refractivity contribution is 6.30. The smallest absolute Gasteiger partial charge is 0.192 e. The summed E-state index contributed by atoms with van der Waals surface area (Å²) in [7, 11) is 0. The second-order valence-electron chi connectivity index (χ2n) is 6.76. The molecule has 0 fully saturated rings. The van der Waals surface area contributed by atoms with Crippen LogP contribution in [0.1, 0.15) is 28.8 Å². The zero-order valence-corrected chi connectivity index (χ0v) is 17.9. The predicted molar refractivity (Wildman–Crippen MR) is 119 cm³/mol. The zero-order valence-electron chi connectivity index (χ0n) is 15.6. The Bertz CT molecular complexity index is 1070. The first-order chi connectivity index (χ1) is 14.0. The van der Waals surface area contributed by atoms with Crippen LogP contribution in [0.4, 0.5) is 8.78 Å². The molecular formula is C22H18Cl3F2N3. The minimum Gasteiger partial charge on any atom is -0.352 e. The van der Waals surface area contributed by atoms with E-state index in [-0.39, 0.29) is 24.5 Å². The lowest BCUT2D eigenvalue weighted by Crippen LogP contribution is -2.35. The lowest BCUT2D eigenvalue weighted by atomic mass is 9.95. The molecule has 0 amide bonds. The number of aliphatic imine (C=N–C) groups is 1. The summed E-state index contributed by atoms with van der Waals surface area (Å²) in [5, 5.41) is 7.79. The zero-order chi connectivity index (χ0) is 20.4. The molecule has 1 aliphatic rings. The van der Waals surface area contributed by atoms with Crippen molar-refractivity contribution in [1.29, 1.82) is 0 Å². The van der Waals surface area contributed by atoms with E-state index >= 15 is 0 Å². The number of nitrogens with one attached hydrogen (secondary N) is 2. The molecule has 0 unspecified atom stereocenters. The summed E-state index contributed by atoms with van der Waals surface area (Å²) in [6, 6.07) is 18.6. The second kappa shape index (κ2) is 9.65. The molecule has 3 aromatic carbocycles. The van der Waals surface area contributed by atoms with Gasteiger partial charge in [-0.1, -0.05) is 53.5 Å².